The third-order valence-corrected chi connectivity index (χ3v) is 2.80. The Bertz CT molecular complexity index is 512. The van der Waals surface area contributed by atoms with E-state index in [1.165, 1.54) is 12.1 Å². The van der Waals surface area contributed by atoms with E-state index in [9.17, 15) is 9.50 Å². The van der Waals surface area contributed by atoms with Crippen LogP contribution < -0.4 is 4.74 Å². The smallest absolute Gasteiger partial charge is 0.125 e. The predicted octanol–water partition coefficient (Wildman–Crippen LogP) is 2.54. The molecule has 0 bridgehead atoms. The Balaban J connectivity index is 1.88. The molecular formula is C14H17FN2O2. The first-order valence-corrected chi connectivity index (χ1v) is 6.23. The predicted molar refractivity (Wildman–Crippen MR) is 69.4 cm³/mol. The van der Waals surface area contributed by atoms with Crippen LogP contribution in [0.25, 0.3) is 0 Å². The van der Waals surface area contributed by atoms with E-state index in [1.807, 2.05) is 10.8 Å². The van der Waals surface area contributed by atoms with Crippen molar-refractivity contribution >= 4 is 0 Å². The molecule has 1 N–H and O–H groups in total. The summed E-state index contributed by atoms with van der Waals surface area (Å²) in [7, 11) is 0. The van der Waals surface area contributed by atoms with Crippen molar-refractivity contribution in [2.45, 2.75) is 26.0 Å². The molecule has 19 heavy (non-hydrogen) atoms. The van der Waals surface area contributed by atoms with E-state index in [0.29, 0.717) is 17.9 Å². The monoisotopic (exact) mass is 264 g/mol. The van der Waals surface area contributed by atoms with Gasteiger partial charge in [0.15, 0.2) is 0 Å². The number of aryl methyl sites for hydroxylation is 1. The Hall–Kier alpha value is -1.88. The van der Waals surface area contributed by atoms with Crippen molar-refractivity contribution in [2.24, 2.45) is 0 Å². The number of hydrogen-bond acceptors (Lipinski definition) is 3. The van der Waals surface area contributed by atoms with Crippen LogP contribution in [0.3, 0.4) is 0 Å². The molecule has 0 fully saturated rings. The van der Waals surface area contributed by atoms with Gasteiger partial charge in [0.2, 0.25) is 0 Å². The van der Waals surface area contributed by atoms with Crippen molar-refractivity contribution in [2.75, 3.05) is 6.61 Å². The molecule has 1 aromatic carbocycles. The number of aliphatic hydroxyl groups is 1. The van der Waals surface area contributed by atoms with Crippen LogP contribution in [0.4, 0.5) is 4.39 Å². The van der Waals surface area contributed by atoms with Crippen molar-refractivity contribution in [3.05, 3.63) is 48.3 Å². The number of imidazole rings is 1. The molecule has 0 aliphatic heterocycles. The Morgan fingerprint density at radius 2 is 2.32 bits per heavy atom. The molecule has 0 saturated carbocycles. The van der Waals surface area contributed by atoms with Crippen LogP contribution >= 0.6 is 0 Å². The van der Waals surface area contributed by atoms with Gasteiger partial charge in [-0.25, -0.2) is 9.37 Å². The van der Waals surface area contributed by atoms with Crippen LogP contribution in [0.15, 0.2) is 36.9 Å². The summed E-state index contributed by atoms with van der Waals surface area (Å²) in [5.74, 6) is 0.156. The number of ether oxygens (including phenoxy) is 1. The topological polar surface area (TPSA) is 47.3 Å². The first-order valence-electron chi connectivity index (χ1n) is 6.23. The average Bonchev–Trinajstić information content (AvgIpc) is 2.89. The maximum absolute atomic E-state index is 13.1. The molecule has 0 unspecified atom stereocenters. The van der Waals surface area contributed by atoms with Gasteiger partial charge in [-0.3, -0.25) is 0 Å². The summed E-state index contributed by atoms with van der Waals surface area (Å²) in [6.07, 6.45) is 5.43. The molecule has 102 valence electrons. The second kappa shape index (κ2) is 6.33. The first-order chi connectivity index (χ1) is 9.16. The minimum Gasteiger partial charge on any atom is -0.493 e. The molecule has 2 aromatic rings. The molecule has 0 aliphatic carbocycles. The number of halogens is 1. The number of aromatic nitrogens is 2. The Kier molecular flexibility index (Phi) is 4.52. The van der Waals surface area contributed by atoms with Crippen molar-refractivity contribution < 1.29 is 14.2 Å². The largest absolute Gasteiger partial charge is 0.493 e. The lowest BCUT2D eigenvalue weighted by molar-refractivity contribution is 0.190. The summed E-state index contributed by atoms with van der Waals surface area (Å²) in [4.78, 5) is 3.95. The van der Waals surface area contributed by atoms with Crippen LogP contribution in [-0.4, -0.2) is 21.3 Å². The van der Waals surface area contributed by atoms with E-state index in [0.717, 1.165) is 13.0 Å². The first kappa shape index (κ1) is 13.5. The summed E-state index contributed by atoms with van der Waals surface area (Å²) in [5.41, 5.74) is 0.475. The van der Waals surface area contributed by atoms with E-state index >= 15 is 0 Å². The molecule has 4 nitrogen and oxygen atoms in total. The van der Waals surface area contributed by atoms with Crippen LogP contribution in [-0.2, 0) is 6.54 Å². The SMILES string of the molecule is C[C@@H](O)c1cc(F)ccc1OCCCn1ccnc1. The lowest BCUT2D eigenvalue weighted by atomic mass is 10.1. The highest BCUT2D eigenvalue weighted by Gasteiger charge is 2.10. The number of rotatable bonds is 6. The highest BCUT2D eigenvalue weighted by molar-refractivity contribution is 5.35. The second-order valence-electron chi connectivity index (χ2n) is 4.36. The Morgan fingerprint density at radius 1 is 1.47 bits per heavy atom. The number of hydrogen-bond donors (Lipinski definition) is 1. The maximum atomic E-state index is 13.1. The molecule has 1 heterocycles. The third kappa shape index (κ3) is 3.79. The summed E-state index contributed by atoms with van der Waals surface area (Å²) in [6, 6.07) is 4.18. The van der Waals surface area contributed by atoms with Gasteiger partial charge < -0.3 is 14.4 Å². The van der Waals surface area contributed by atoms with Crippen LogP contribution in [0.5, 0.6) is 5.75 Å². The highest BCUT2D eigenvalue weighted by atomic mass is 19.1. The molecule has 2 rings (SSSR count). The zero-order valence-corrected chi connectivity index (χ0v) is 10.8. The molecule has 0 saturated heterocycles. The Morgan fingerprint density at radius 3 is 3.00 bits per heavy atom. The van der Waals surface area contributed by atoms with Gasteiger partial charge in [0.05, 0.1) is 19.0 Å². The van der Waals surface area contributed by atoms with E-state index in [1.54, 1.807) is 25.5 Å². The van der Waals surface area contributed by atoms with Gasteiger partial charge in [0.1, 0.15) is 11.6 Å². The summed E-state index contributed by atoms with van der Waals surface area (Å²) in [6.45, 7) is 2.90. The second-order valence-corrected chi connectivity index (χ2v) is 4.36. The number of benzene rings is 1. The molecule has 0 spiro atoms. The fraction of sp³-hybridized carbons (Fsp3) is 0.357. The van der Waals surface area contributed by atoms with Crippen molar-refractivity contribution in [3.8, 4) is 5.75 Å². The van der Waals surface area contributed by atoms with E-state index < -0.39 is 6.10 Å². The van der Waals surface area contributed by atoms with Gasteiger partial charge in [0, 0.05) is 24.5 Å². The lowest BCUT2D eigenvalue weighted by Gasteiger charge is -2.13. The third-order valence-electron chi connectivity index (χ3n) is 2.80. The molecule has 1 aromatic heterocycles. The van der Waals surface area contributed by atoms with Crippen LogP contribution in [0.1, 0.15) is 25.0 Å². The molecular weight excluding hydrogens is 247 g/mol. The standard InChI is InChI=1S/C14H17FN2O2/c1-11(18)13-9-12(15)3-4-14(13)19-8-2-6-17-7-5-16-10-17/h3-5,7,9-11,18H,2,6,8H2,1H3/t11-/m1/s1. The summed E-state index contributed by atoms with van der Waals surface area (Å²) >= 11 is 0. The normalized spacial score (nSPS) is 12.4. The van der Waals surface area contributed by atoms with E-state index in [-0.39, 0.29) is 5.82 Å². The van der Waals surface area contributed by atoms with Crippen LogP contribution in [0.2, 0.25) is 0 Å². The van der Waals surface area contributed by atoms with Crippen molar-refractivity contribution in [1.29, 1.82) is 0 Å². The quantitative estimate of drug-likeness (QED) is 0.816. The van der Waals surface area contributed by atoms with Gasteiger partial charge in [0.25, 0.3) is 0 Å². The molecule has 0 amide bonds. The highest BCUT2D eigenvalue weighted by Crippen LogP contribution is 2.26. The zero-order valence-electron chi connectivity index (χ0n) is 10.8. The maximum Gasteiger partial charge on any atom is 0.125 e. The van der Waals surface area contributed by atoms with E-state index in [2.05, 4.69) is 4.98 Å². The minimum absolute atomic E-state index is 0.373. The van der Waals surface area contributed by atoms with Crippen LogP contribution in [0, 0.1) is 5.82 Å². The fourth-order valence-corrected chi connectivity index (χ4v) is 1.83. The minimum atomic E-state index is -0.751. The number of aliphatic hydroxyl groups excluding tert-OH is 1. The Labute approximate surface area is 111 Å². The molecule has 0 aliphatic rings. The fourth-order valence-electron chi connectivity index (χ4n) is 1.83. The average molecular weight is 264 g/mol. The molecule has 0 radical (unpaired) electrons. The van der Waals surface area contributed by atoms with Gasteiger partial charge in [-0.1, -0.05) is 0 Å². The van der Waals surface area contributed by atoms with Gasteiger partial charge in [-0.2, -0.15) is 0 Å². The summed E-state index contributed by atoms with van der Waals surface area (Å²) in [5, 5.41) is 9.58. The summed E-state index contributed by atoms with van der Waals surface area (Å²) < 4.78 is 20.7. The van der Waals surface area contributed by atoms with E-state index in [4.69, 9.17) is 4.74 Å². The van der Waals surface area contributed by atoms with Gasteiger partial charge >= 0.3 is 0 Å². The van der Waals surface area contributed by atoms with Gasteiger partial charge in [-0.15, -0.1) is 0 Å². The molecule has 5 heteroatoms. The molecule has 1 atom stereocenters. The van der Waals surface area contributed by atoms with Crippen molar-refractivity contribution in [1.82, 2.24) is 9.55 Å². The van der Waals surface area contributed by atoms with Crippen molar-refractivity contribution in [3.63, 3.8) is 0 Å². The lowest BCUT2D eigenvalue weighted by Crippen LogP contribution is -2.05. The van der Waals surface area contributed by atoms with Gasteiger partial charge in [-0.05, 0) is 31.5 Å². The zero-order chi connectivity index (χ0) is 13.7. The number of nitrogens with zero attached hydrogens (tertiary/aromatic N) is 2.